The summed E-state index contributed by atoms with van der Waals surface area (Å²) < 4.78 is 2.02. The Morgan fingerprint density at radius 2 is 2.00 bits per heavy atom. The first-order valence-electron chi connectivity index (χ1n) is 10.0. The number of pyridine rings is 1. The van der Waals surface area contributed by atoms with Crippen LogP contribution in [0, 0.1) is 19.8 Å². The van der Waals surface area contributed by atoms with Crippen molar-refractivity contribution in [3.63, 3.8) is 0 Å². The molecular formula is C22H26N6O. The molecule has 0 radical (unpaired) electrons. The van der Waals surface area contributed by atoms with E-state index in [2.05, 4.69) is 15.0 Å². The van der Waals surface area contributed by atoms with Crippen LogP contribution in [0.25, 0.3) is 11.4 Å². The molecule has 0 N–H and O–H groups in total. The Balaban J connectivity index is 1.46. The quantitative estimate of drug-likeness (QED) is 0.684. The highest BCUT2D eigenvalue weighted by Gasteiger charge is 2.25. The Hall–Kier alpha value is -3.09. The van der Waals surface area contributed by atoms with Gasteiger partial charge in [-0.05, 0) is 51.2 Å². The van der Waals surface area contributed by atoms with Gasteiger partial charge in [0.2, 0.25) is 0 Å². The van der Waals surface area contributed by atoms with Crippen LogP contribution >= 0.6 is 0 Å². The summed E-state index contributed by atoms with van der Waals surface area (Å²) in [6, 6.07) is 3.75. The summed E-state index contributed by atoms with van der Waals surface area (Å²) in [5, 5.41) is 0. The zero-order valence-electron chi connectivity index (χ0n) is 17.2. The Labute approximate surface area is 170 Å². The van der Waals surface area contributed by atoms with E-state index in [4.69, 9.17) is 4.98 Å². The number of amides is 1. The van der Waals surface area contributed by atoms with Gasteiger partial charge in [-0.25, -0.2) is 9.97 Å². The molecule has 29 heavy (non-hydrogen) atoms. The standard InChI is InChI=1S/C22H26N6O/c1-15-6-7-18(10-24-15)22(29)28-8-4-5-17(14-28)9-19-11-23-12-20(26-19)21-13-25-16(2)27(21)3/h6-7,10-13,17H,4-5,8-9,14H2,1-3H3/t17-/m0/s1. The molecule has 3 aromatic rings. The minimum atomic E-state index is 0.0624. The maximum Gasteiger partial charge on any atom is 0.255 e. The summed E-state index contributed by atoms with van der Waals surface area (Å²) in [4.78, 5) is 32.6. The van der Waals surface area contributed by atoms with Gasteiger partial charge in [-0.15, -0.1) is 0 Å². The molecule has 1 amide bonds. The maximum absolute atomic E-state index is 12.8. The lowest BCUT2D eigenvalue weighted by Crippen LogP contribution is -2.40. The molecule has 150 valence electrons. The first-order chi connectivity index (χ1) is 14.0. The van der Waals surface area contributed by atoms with Crippen molar-refractivity contribution >= 4 is 5.91 Å². The van der Waals surface area contributed by atoms with E-state index in [1.165, 1.54) is 0 Å². The highest BCUT2D eigenvalue weighted by molar-refractivity contribution is 5.94. The van der Waals surface area contributed by atoms with Crippen molar-refractivity contribution in [2.24, 2.45) is 13.0 Å². The van der Waals surface area contributed by atoms with Crippen molar-refractivity contribution in [1.82, 2.24) is 29.4 Å². The van der Waals surface area contributed by atoms with E-state index in [1.807, 2.05) is 54.9 Å². The highest BCUT2D eigenvalue weighted by Crippen LogP contribution is 2.23. The summed E-state index contributed by atoms with van der Waals surface area (Å²) in [6.07, 6.45) is 10.0. The number of hydrogen-bond donors (Lipinski definition) is 0. The first kappa shape index (κ1) is 19.2. The molecule has 1 saturated heterocycles. The zero-order chi connectivity index (χ0) is 20.4. The summed E-state index contributed by atoms with van der Waals surface area (Å²) in [6.45, 7) is 5.43. The maximum atomic E-state index is 12.8. The Morgan fingerprint density at radius 1 is 1.14 bits per heavy atom. The number of aromatic nitrogens is 5. The van der Waals surface area contributed by atoms with Gasteiger partial charge in [0.05, 0.1) is 29.3 Å². The number of piperidine rings is 1. The fourth-order valence-electron chi connectivity index (χ4n) is 3.86. The SMILES string of the molecule is Cc1ccc(C(=O)N2CCC[C@@H](Cc3cncc(-c4cnc(C)n4C)n3)C2)cn1. The van der Waals surface area contributed by atoms with Crippen LogP contribution < -0.4 is 0 Å². The summed E-state index contributed by atoms with van der Waals surface area (Å²) in [7, 11) is 1.98. The van der Waals surface area contributed by atoms with Gasteiger partial charge in [-0.3, -0.25) is 14.8 Å². The second kappa shape index (κ2) is 8.11. The second-order valence-electron chi connectivity index (χ2n) is 7.80. The number of carbonyl (C=O) groups is 1. The Kier molecular flexibility index (Phi) is 5.38. The van der Waals surface area contributed by atoms with E-state index in [0.717, 1.165) is 61.0 Å². The van der Waals surface area contributed by atoms with Gasteiger partial charge in [-0.1, -0.05) is 0 Å². The van der Waals surface area contributed by atoms with E-state index in [-0.39, 0.29) is 5.91 Å². The van der Waals surface area contributed by atoms with Crippen molar-refractivity contribution in [1.29, 1.82) is 0 Å². The van der Waals surface area contributed by atoms with Crippen LogP contribution in [0.1, 0.15) is 40.4 Å². The molecule has 0 saturated carbocycles. The third kappa shape index (κ3) is 4.18. The molecule has 1 aliphatic heterocycles. The lowest BCUT2D eigenvalue weighted by atomic mass is 9.93. The average molecular weight is 390 g/mol. The third-order valence-corrected chi connectivity index (χ3v) is 5.63. The molecule has 3 aromatic heterocycles. The molecule has 0 bridgehead atoms. The van der Waals surface area contributed by atoms with E-state index < -0.39 is 0 Å². The minimum Gasteiger partial charge on any atom is -0.338 e. The van der Waals surface area contributed by atoms with E-state index in [1.54, 1.807) is 12.4 Å². The van der Waals surface area contributed by atoms with Crippen LogP contribution in [-0.2, 0) is 13.5 Å². The molecule has 7 nitrogen and oxygen atoms in total. The lowest BCUT2D eigenvalue weighted by molar-refractivity contribution is 0.0672. The molecule has 1 aliphatic rings. The number of carbonyl (C=O) groups excluding carboxylic acids is 1. The molecule has 4 heterocycles. The summed E-state index contributed by atoms with van der Waals surface area (Å²) in [5.74, 6) is 1.38. The van der Waals surface area contributed by atoms with Gasteiger partial charge in [0.25, 0.3) is 5.91 Å². The molecule has 0 aromatic carbocycles. The van der Waals surface area contributed by atoms with Crippen LogP contribution in [0.4, 0.5) is 0 Å². The third-order valence-electron chi connectivity index (χ3n) is 5.63. The van der Waals surface area contributed by atoms with Crippen LogP contribution in [0.5, 0.6) is 0 Å². The average Bonchev–Trinajstić information content (AvgIpc) is 3.07. The molecule has 0 unspecified atom stereocenters. The van der Waals surface area contributed by atoms with Gasteiger partial charge in [0.1, 0.15) is 11.5 Å². The molecular weight excluding hydrogens is 364 g/mol. The number of imidazole rings is 1. The lowest BCUT2D eigenvalue weighted by Gasteiger charge is -2.32. The summed E-state index contributed by atoms with van der Waals surface area (Å²) >= 11 is 0. The van der Waals surface area contributed by atoms with Crippen molar-refractivity contribution in [3.8, 4) is 11.4 Å². The fourth-order valence-corrected chi connectivity index (χ4v) is 3.86. The van der Waals surface area contributed by atoms with Crippen LogP contribution in [0.15, 0.2) is 36.9 Å². The number of nitrogens with zero attached hydrogens (tertiary/aromatic N) is 6. The predicted molar refractivity (Wildman–Crippen MR) is 110 cm³/mol. The smallest absolute Gasteiger partial charge is 0.255 e. The summed E-state index contributed by atoms with van der Waals surface area (Å²) in [5.41, 5.74) is 4.33. The molecule has 4 rings (SSSR count). The van der Waals surface area contributed by atoms with Crippen molar-refractivity contribution in [2.75, 3.05) is 13.1 Å². The van der Waals surface area contributed by atoms with Crippen LogP contribution in [-0.4, -0.2) is 48.4 Å². The molecule has 7 heteroatoms. The Bertz CT molecular complexity index is 1010. The monoisotopic (exact) mass is 390 g/mol. The van der Waals surface area contributed by atoms with Gasteiger partial charge in [0.15, 0.2) is 0 Å². The fraction of sp³-hybridized carbons (Fsp3) is 0.409. The molecule has 1 atom stereocenters. The first-order valence-corrected chi connectivity index (χ1v) is 10.0. The number of aryl methyl sites for hydroxylation is 2. The van der Waals surface area contributed by atoms with Gasteiger partial charge >= 0.3 is 0 Å². The van der Waals surface area contributed by atoms with E-state index in [0.29, 0.717) is 11.5 Å². The zero-order valence-corrected chi connectivity index (χ0v) is 17.2. The predicted octanol–water partition coefficient (Wildman–Crippen LogP) is 2.98. The van der Waals surface area contributed by atoms with Gasteiger partial charge < -0.3 is 9.47 Å². The van der Waals surface area contributed by atoms with E-state index >= 15 is 0 Å². The normalized spacial score (nSPS) is 16.8. The largest absolute Gasteiger partial charge is 0.338 e. The van der Waals surface area contributed by atoms with Crippen molar-refractivity contribution in [3.05, 3.63) is 59.7 Å². The second-order valence-corrected chi connectivity index (χ2v) is 7.80. The Morgan fingerprint density at radius 3 is 2.72 bits per heavy atom. The molecule has 0 spiro atoms. The van der Waals surface area contributed by atoms with Crippen LogP contribution in [0.2, 0.25) is 0 Å². The molecule has 1 fully saturated rings. The van der Waals surface area contributed by atoms with Crippen molar-refractivity contribution < 1.29 is 4.79 Å². The topological polar surface area (TPSA) is 76.8 Å². The van der Waals surface area contributed by atoms with Crippen LogP contribution in [0.3, 0.4) is 0 Å². The van der Waals surface area contributed by atoms with Crippen molar-refractivity contribution in [2.45, 2.75) is 33.1 Å². The minimum absolute atomic E-state index is 0.0624. The van der Waals surface area contributed by atoms with Gasteiger partial charge in [0, 0.05) is 38.2 Å². The van der Waals surface area contributed by atoms with Gasteiger partial charge in [-0.2, -0.15) is 0 Å². The number of likely N-dealkylation sites (tertiary alicyclic amines) is 1. The highest BCUT2D eigenvalue weighted by atomic mass is 16.2. The number of rotatable bonds is 4. The van der Waals surface area contributed by atoms with E-state index in [9.17, 15) is 4.79 Å². The number of hydrogen-bond acceptors (Lipinski definition) is 5. The molecule has 0 aliphatic carbocycles.